The number of ether oxygens (including phenoxy) is 1. The maximum Gasteiger partial charge on any atom is 0.338 e. The predicted molar refractivity (Wildman–Crippen MR) is 64.1 cm³/mol. The Morgan fingerprint density at radius 2 is 1.79 bits per heavy atom. The molecule has 0 spiro atoms. The molecule has 2 rings (SSSR count). The van der Waals surface area contributed by atoms with E-state index in [1.807, 2.05) is 0 Å². The van der Waals surface area contributed by atoms with Crippen molar-refractivity contribution in [1.82, 2.24) is 0 Å². The topological polar surface area (TPSA) is 46.5 Å². The summed E-state index contributed by atoms with van der Waals surface area (Å²) < 4.78 is 31.4. The second kappa shape index (κ2) is 5.48. The van der Waals surface area contributed by atoms with E-state index in [9.17, 15) is 13.6 Å². The molecule has 0 unspecified atom stereocenters. The van der Waals surface area contributed by atoms with Gasteiger partial charge in [0.05, 0.1) is 5.56 Å². The van der Waals surface area contributed by atoms with Crippen molar-refractivity contribution in [2.75, 3.05) is 0 Å². The van der Waals surface area contributed by atoms with Crippen LogP contribution in [0.4, 0.5) is 8.78 Å². The molecule has 0 aliphatic carbocycles. The highest BCUT2D eigenvalue weighted by Gasteiger charge is 2.10. The van der Waals surface area contributed by atoms with Crippen LogP contribution in [-0.2, 0) is 6.61 Å². The molecular formula is C14H10F2O3. The van der Waals surface area contributed by atoms with Crippen LogP contribution in [0.1, 0.15) is 15.9 Å². The molecule has 2 aromatic rings. The minimum atomic E-state index is -1.32. The molecule has 0 aliphatic heterocycles. The normalized spacial score (nSPS) is 10.2. The van der Waals surface area contributed by atoms with Crippen molar-refractivity contribution in [3.63, 3.8) is 0 Å². The number of rotatable bonds is 4. The standard InChI is InChI=1S/C14H10F2O3/c15-10-2-4-11(5-3-10)19-8-9-1-6-12(14(17)18)13(16)7-9/h1-7H,8H2,(H,17,18). The average molecular weight is 264 g/mol. The van der Waals surface area contributed by atoms with Gasteiger partial charge in [-0.05, 0) is 42.0 Å². The second-order valence-corrected chi connectivity index (χ2v) is 3.86. The van der Waals surface area contributed by atoms with Crippen molar-refractivity contribution >= 4 is 5.97 Å². The zero-order valence-corrected chi connectivity index (χ0v) is 9.77. The summed E-state index contributed by atoms with van der Waals surface area (Å²) in [4.78, 5) is 10.6. The fourth-order valence-corrected chi connectivity index (χ4v) is 1.52. The van der Waals surface area contributed by atoms with Crippen LogP contribution in [0.3, 0.4) is 0 Å². The number of halogens is 2. The van der Waals surface area contributed by atoms with Crippen molar-refractivity contribution in [3.8, 4) is 5.75 Å². The number of carboxylic acids is 1. The summed E-state index contributed by atoms with van der Waals surface area (Å²) in [6.07, 6.45) is 0. The van der Waals surface area contributed by atoms with E-state index in [4.69, 9.17) is 9.84 Å². The van der Waals surface area contributed by atoms with Crippen LogP contribution in [-0.4, -0.2) is 11.1 Å². The molecule has 0 aromatic heterocycles. The summed E-state index contributed by atoms with van der Waals surface area (Å²) in [5.74, 6) is -2.05. The van der Waals surface area contributed by atoms with Gasteiger partial charge < -0.3 is 9.84 Å². The van der Waals surface area contributed by atoms with Gasteiger partial charge in [0, 0.05) is 0 Å². The Hall–Kier alpha value is -2.43. The molecule has 0 saturated heterocycles. The second-order valence-electron chi connectivity index (χ2n) is 3.86. The van der Waals surface area contributed by atoms with Crippen LogP contribution in [0.15, 0.2) is 42.5 Å². The Balaban J connectivity index is 2.06. The van der Waals surface area contributed by atoms with Gasteiger partial charge in [0.1, 0.15) is 24.0 Å². The van der Waals surface area contributed by atoms with Gasteiger partial charge in [-0.15, -0.1) is 0 Å². The Kier molecular flexibility index (Phi) is 3.75. The van der Waals surface area contributed by atoms with Gasteiger partial charge in [-0.3, -0.25) is 0 Å². The first kappa shape index (κ1) is 13.0. The third kappa shape index (κ3) is 3.28. The lowest BCUT2D eigenvalue weighted by atomic mass is 10.1. The quantitative estimate of drug-likeness (QED) is 0.922. The van der Waals surface area contributed by atoms with Crippen molar-refractivity contribution < 1.29 is 23.4 Å². The zero-order chi connectivity index (χ0) is 13.8. The van der Waals surface area contributed by atoms with Crippen LogP contribution in [0.2, 0.25) is 0 Å². The maximum atomic E-state index is 13.4. The maximum absolute atomic E-state index is 13.4. The number of benzene rings is 2. The molecule has 1 N–H and O–H groups in total. The van der Waals surface area contributed by atoms with Gasteiger partial charge in [-0.25, -0.2) is 13.6 Å². The highest BCUT2D eigenvalue weighted by molar-refractivity contribution is 5.87. The van der Waals surface area contributed by atoms with Crippen molar-refractivity contribution in [2.45, 2.75) is 6.61 Å². The van der Waals surface area contributed by atoms with E-state index >= 15 is 0 Å². The highest BCUT2D eigenvalue weighted by atomic mass is 19.1. The van der Waals surface area contributed by atoms with Crippen LogP contribution in [0, 0.1) is 11.6 Å². The number of carboxylic acid groups (broad SMARTS) is 1. The monoisotopic (exact) mass is 264 g/mol. The Morgan fingerprint density at radius 1 is 1.11 bits per heavy atom. The number of hydrogen-bond donors (Lipinski definition) is 1. The Bertz CT molecular complexity index is 594. The molecule has 0 atom stereocenters. The van der Waals surface area contributed by atoms with E-state index in [0.29, 0.717) is 11.3 Å². The minimum absolute atomic E-state index is 0.0719. The van der Waals surface area contributed by atoms with Crippen LogP contribution in [0.5, 0.6) is 5.75 Å². The Morgan fingerprint density at radius 3 is 2.37 bits per heavy atom. The number of hydrogen-bond acceptors (Lipinski definition) is 2. The molecule has 5 heteroatoms. The molecule has 0 saturated carbocycles. The molecule has 2 aromatic carbocycles. The van der Waals surface area contributed by atoms with E-state index in [-0.39, 0.29) is 18.0 Å². The van der Waals surface area contributed by atoms with Crippen molar-refractivity contribution in [3.05, 3.63) is 65.2 Å². The summed E-state index contributed by atoms with van der Waals surface area (Å²) in [6, 6.07) is 9.17. The third-order valence-electron chi connectivity index (χ3n) is 2.48. The lowest BCUT2D eigenvalue weighted by Crippen LogP contribution is -2.02. The van der Waals surface area contributed by atoms with E-state index in [2.05, 4.69) is 0 Å². The predicted octanol–water partition coefficient (Wildman–Crippen LogP) is 3.24. The van der Waals surface area contributed by atoms with Gasteiger partial charge in [0.15, 0.2) is 0 Å². The largest absolute Gasteiger partial charge is 0.489 e. The lowest BCUT2D eigenvalue weighted by Gasteiger charge is -2.07. The molecule has 3 nitrogen and oxygen atoms in total. The molecular weight excluding hydrogens is 254 g/mol. The van der Waals surface area contributed by atoms with Crippen LogP contribution >= 0.6 is 0 Å². The molecule has 0 bridgehead atoms. The molecule has 98 valence electrons. The summed E-state index contributed by atoms with van der Waals surface area (Å²) in [6.45, 7) is 0.0719. The summed E-state index contributed by atoms with van der Waals surface area (Å²) in [7, 11) is 0. The lowest BCUT2D eigenvalue weighted by molar-refractivity contribution is 0.0692. The first-order chi connectivity index (χ1) is 9.06. The molecule has 0 aliphatic rings. The van der Waals surface area contributed by atoms with Gasteiger partial charge in [0.25, 0.3) is 0 Å². The fraction of sp³-hybridized carbons (Fsp3) is 0.0714. The molecule has 0 radical (unpaired) electrons. The van der Waals surface area contributed by atoms with Gasteiger partial charge in [0.2, 0.25) is 0 Å². The molecule has 19 heavy (non-hydrogen) atoms. The smallest absolute Gasteiger partial charge is 0.338 e. The highest BCUT2D eigenvalue weighted by Crippen LogP contribution is 2.15. The van der Waals surface area contributed by atoms with Gasteiger partial charge in [-0.2, -0.15) is 0 Å². The zero-order valence-electron chi connectivity index (χ0n) is 9.77. The van der Waals surface area contributed by atoms with Crippen molar-refractivity contribution in [2.24, 2.45) is 0 Å². The average Bonchev–Trinajstić information content (AvgIpc) is 2.37. The minimum Gasteiger partial charge on any atom is -0.489 e. The SMILES string of the molecule is O=C(O)c1ccc(COc2ccc(F)cc2)cc1F. The van der Waals surface area contributed by atoms with E-state index < -0.39 is 11.8 Å². The van der Waals surface area contributed by atoms with Gasteiger partial charge in [-0.1, -0.05) is 6.07 Å². The van der Waals surface area contributed by atoms with Crippen molar-refractivity contribution in [1.29, 1.82) is 0 Å². The van der Waals surface area contributed by atoms with Gasteiger partial charge >= 0.3 is 5.97 Å². The first-order valence-electron chi connectivity index (χ1n) is 5.46. The van der Waals surface area contributed by atoms with E-state index in [1.54, 1.807) is 0 Å². The molecule has 0 fully saturated rings. The molecule has 0 heterocycles. The summed E-state index contributed by atoms with van der Waals surface area (Å²) in [5.41, 5.74) is 0.109. The van der Waals surface area contributed by atoms with E-state index in [0.717, 1.165) is 6.07 Å². The summed E-state index contributed by atoms with van der Waals surface area (Å²) >= 11 is 0. The van der Waals surface area contributed by atoms with Crippen LogP contribution < -0.4 is 4.74 Å². The van der Waals surface area contributed by atoms with E-state index in [1.165, 1.54) is 36.4 Å². The molecule has 0 amide bonds. The first-order valence-corrected chi connectivity index (χ1v) is 5.46. The number of carbonyl (C=O) groups is 1. The fourth-order valence-electron chi connectivity index (χ4n) is 1.52. The van der Waals surface area contributed by atoms with Crippen LogP contribution in [0.25, 0.3) is 0 Å². The number of aromatic carboxylic acids is 1. The summed E-state index contributed by atoms with van der Waals surface area (Å²) in [5, 5.41) is 8.68. The third-order valence-corrected chi connectivity index (χ3v) is 2.48. The Labute approximate surface area is 108 Å².